The number of nitrogens with one attached hydrogen (secondary N) is 1. The molecule has 3 aromatic carbocycles. The molecule has 2 bridgehead atoms. The molecule has 3 unspecified atom stereocenters. The van der Waals surface area contributed by atoms with Gasteiger partial charge in [0.2, 0.25) is 5.60 Å². The van der Waals surface area contributed by atoms with Crippen LogP contribution in [-0.4, -0.2) is 134 Å². The predicted octanol–water partition coefficient (Wildman–Crippen LogP) is 5.44. The fourth-order valence-corrected chi connectivity index (χ4v) is 14.6. The lowest BCUT2D eigenvalue weighted by Crippen LogP contribution is -2.81. The number of esters is 4. The zero-order valence-corrected chi connectivity index (χ0v) is 40.1. The number of methoxy groups -OCH3 is 3. The average Bonchev–Trinajstić information content (AvgIpc) is 4.00. The van der Waals surface area contributed by atoms with Gasteiger partial charge in [0.05, 0.1) is 32.9 Å². The van der Waals surface area contributed by atoms with Gasteiger partial charge >= 0.3 is 23.9 Å². The van der Waals surface area contributed by atoms with Crippen molar-refractivity contribution in [1.82, 2.24) is 14.8 Å². The fourth-order valence-electron chi connectivity index (χ4n) is 14.6. The van der Waals surface area contributed by atoms with Crippen molar-refractivity contribution < 1.29 is 48.0 Å². The summed E-state index contributed by atoms with van der Waals surface area (Å²) in [6.45, 7) is 8.35. The first kappa shape index (κ1) is 45.9. The van der Waals surface area contributed by atoms with E-state index >= 15 is 4.79 Å². The van der Waals surface area contributed by atoms with Crippen LogP contribution in [0.15, 0.2) is 72.8 Å². The van der Waals surface area contributed by atoms with Crippen LogP contribution in [0.25, 0.3) is 10.9 Å². The predicted molar refractivity (Wildman–Crippen MR) is 254 cm³/mol. The van der Waals surface area contributed by atoms with Gasteiger partial charge in [-0.2, -0.15) is 0 Å². The number of hydrogen-bond donors (Lipinski definition) is 3. The fraction of sp³-hybridized carbons (Fsp3) is 0.509. The van der Waals surface area contributed by atoms with Gasteiger partial charge in [-0.25, -0.2) is 9.59 Å². The van der Waals surface area contributed by atoms with Crippen LogP contribution in [0, 0.1) is 11.3 Å². The van der Waals surface area contributed by atoms with Crippen LogP contribution < -0.4 is 15.4 Å². The molecule has 1 aliphatic carbocycles. The highest BCUT2D eigenvalue weighted by Gasteiger charge is 2.80. The Labute approximate surface area is 396 Å². The molecule has 15 heteroatoms. The van der Waals surface area contributed by atoms with Gasteiger partial charge in [0.25, 0.3) is 0 Å². The van der Waals surface area contributed by atoms with Crippen molar-refractivity contribution in [1.29, 1.82) is 0 Å². The third-order valence-electron chi connectivity index (χ3n) is 17.1. The van der Waals surface area contributed by atoms with Crippen LogP contribution in [0.1, 0.15) is 85.6 Å². The molecule has 15 nitrogen and oxygen atoms in total. The number of nitrogens with two attached hydrogens (primary N) is 1. The molecule has 3 fully saturated rings. The maximum absolute atomic E-state index is 15.7. The third-order valence-corrected chi connectivity index (χ3v) is 17.1. The zero-order valence-electron chi connectivity index (χ0n) is 40.1. The number of H-pyrrole nitrogens is 1. The Morgan fingerprint density at radius 1 is 0.912 bits per heavy atom. The van der Waals surface area contributed by atoms with Gasteiger partial charge < -0.3 is 44.4 Å². The Balaban J connectivity index is 1.22. The lowest BCUT2D eigenvalue weighted by Gasteiger charge is -2.63. The van der Waals surface area contributed by atoms with Gasteiger partial charge in [0, 0.05) is 96.6 Å². The molecule has 1 aromatic heterocycles. The molecule has 10 atom stereocenters. The monoisotopic (exact) mass is 929 g/mol. The number of likely N-dealkylation sites (N-methyl/N-ethyl adjacent to an activating group) is 1. The van der Waals surface area contributed by atoms with E-state index in [9.17, 15) is 19.5 Å². The highest BCUT2D eigenvalue weighted by Crippen LogP contribution is 2.68. The van der Waals surface area contributed by atoms with E-state index in [2.05, 4.69) is 26.9 Å². The molecule has 6 heterocycles. The molecule has 4 aromatic rings. The lowest BCUT2D eigenvalue weighted by atomic mass is 9.47. The smallest absolute Gasteiger partial charge is 0.344 e. The second-order valence-electron chi connectivity index (χ2n) is 20.1. The topological polar surface area (TPSA) is 186 Å². The summed E-state index contributed by atoms with van der Waals surface area (Å²) in [6, 6.07) is 17.7. The third kappa shape index (κ3) is 6.19. The SMILES string of the molecule is CC[C@]1(OC(=O)c2ccccc2N)C[C@H]2CN(CCc3c([nH]c4ccccc34)C(C(=O)OC)(c3cc4c(cc3OC)N(C)[C@@H]3C45CCN4CC=C[C@](CC)([C@H]45)[C@@H](OC(C)=O)[C@]3(O)C(=O)OC)C2)C1. The average molecular weight is 930 g/mol. The number of carbonyl (C=O) groups is 4. The number of ether oxygens (including phenoxy) is 5. The van der Waals surface area contributed by atoms with E-state index in [-0.39, 0.29) is 18.4 Å². The minimum atomic E-state index is -2.34. The Morgan fingerprint density at radius 2 is 1.66 bits per heavy atom. The van der Waals surface area contributed by atoms with Crippen LogP contribution in [0.3, 0.4) is 0 Å². The number of nitrogens with zero attached hydrogens (tertiary/aromatic N) is 3. The molecule has 68 heavy (non-hydrogen) atoms. The summed E-state index contributed by atoms with van der Waals surface area (Å²) in [6.07, 6.45) is 5.57. The van der Waals surface area contributed by atoms with E-state index in [0.29, 0.717) is 98.8 Å². The van der Waals surface area contributed by atoms with Crippen LogP contribution in [0.4, 0.5) is 11.4 Å². The van der Waals surface area contributed by atoms with E-state index in [1.807, 2.05) is 62.2 Å². The first-order valence-electron chi connectivity index (χ1n) is 24.0. The minimum Gasteiger partial charge on any atom is -0.496 e. The Hall–Kier alpha value is -5.90. The van der Waals surface area contributed by atoms with Crippen LogP contribution in [0.2, 0.25) is 0 Å². The maximum Gasteiger partial charge on any atom is 0.344 e. The van der Waals surface area contributed by atoms with E-state index in [4.69, 9.17) is 29.4 Å². The number of para-hydroxylation sites is 2. The summed E-state index contributed by atoms with van der Waals surface area (Å²) in [5, 5.41) is 14.4. The van der Waals surface area contributed by atoms with Crippen molar-refractivity contribution in [2.75, 3.05) is 71.7 Å². The first-order valence-corrected chi connectivity index (χ1v) is 24.0. The standard InChI is InChI=1S/C53H63N5O10/c1-8-49(68-43(60)35-16-10-12-17-38(35)54)27-32-28-52(47(61)65-6,42-34(19-23-57(29-32)30-49)33-15-11-13-18-39(33)55-42)37-25-36-40(26-41(37)64-5)56(4)45-51(36)21-24-58-22-14-20-50(9-2,44(51)58)46(67-31(3)59)53(45,63)48(62)66-7/h10-18,20,25-26,32,44-46,55,63H,8-9,19,21-24,27-30,54H2,1-7H3/t32-,44+,45-,46-,49+,50-,51?,52?,53+/m1/s1. The first-order chi connectivity index (χ1) is 32.6. The summed E-state index contributed by atoms with van der Waals surface area (Å²) in [7, 11) is 6.11. The number of aliphatic hydroxyl groups is 1. The number of rotatable bonds is 9. The number of piperidine rings is 1. The van der Waals surface area contributed by atoms with Crippen molar-refractivity contribution in [2.45, 2.75) is 99.5 Å². The van der Waals surface area contributed by atoms with Crippen molar-refractivity contribution in [3.8, 4) is 5.75 Å². The molecule has 2 saturated heterocycles. The number of fused-ring (bicyclic) bond motifs is 6. The Kier molecular flexibility index (Phi) is 11.0. The number of hydrogen-bond acceptors (Lipinski definition) is 14. The normalized spacial score (nSPS) is 33.5. The van der Waals surface area contributed by atoms with E-state index in [1.54, 1.807) is 31.4 Å². The van der Waals surface area contributed by atoms with Crippen molar-refractivity contribution in [3.05, 3.63) is 101 Å². The summed E-state index contributed by atoms with van der Waals surface area (Å²) in [5.74, 6) is -2.29. The molecular weight excluding hydrogens is 867 g/mol. The Bertz CT molecular complexity index is 2760. The van der Waals surface area contributed by atoms with Crippen LogP contribution in [-0.2, 0) is 50.6 Å². The highest BCUT2D eigenvalue weighted by atomic mass is 16.6. The van der Waals surface area contributed by atoms with Gasteiger partial charge in [0.1, 0.15) is 16.8 Å². The van der Waals surface area contributed by atoms with Gasteiger partial charge in [-0.3, -0.25) is 19.4 Å². The summed E-state index contributed by atoms with van der Waals surface area (Å²) < 4.78 is 30.8. The summed E-state index contributed by atoms with van der Waals surface area (Å²) in [5.41, 5.74) is 4.87. The number of nitrogen functional groups attached to an aromatic ring is 1. The van der Waals surface area contributed by atoms with Crippen molar-refractivity contribution >= 4 is 46.2 Å². The van der Waals surface area contributed by atoms with Crippen molar-refractivity contribution in [2.24, 2.45) is 11.3 Å². The van der Waals surface area contributed by atoms with Gasteiger partial charge in [-0.15, -0.1) is 0 Å². The molecule has 1 spiro atoms. The molecule has 360 valence electrons. The lowest BCUT2D eigenvalue weighted by molar-refractivity contribution is -0.228. The van der Waals surface area contributed by atoms with E-state index in [1.165, 1.54) is 21.1 Å². The van der Waals surface area contributed by atoms with Crippen LogP contribution >= 0.6 is 0 Å². The highest BCUT2D eigenvalue weighted by molar-refractivity contribution is 5.96. The molecular formula is C53H63N5O10. The number of carbonyl (C=O) groups excluding carboxylic acids is 4. The van der Waals surface area contributed by atoms with Gasteiger partial charge in [-0.1, -0.05) is 56.3 Å². The second kappa shape index (κ2) is 16.4. The molecule has 6 aliphatic rings. The molecule has 1 saturated carbocycles. The van der Waals surface area contributed by atoms with Gasteiger partial charge in [0.15, 0.2) is 6.10 Å². The molecule has 5 aliphatic heterocycles. The quantitative estimate of drug-likeness (QED) is 0.0835. The summed E-state index contributed by atoms with van der Waals surface area (Å²) >= 11 is 0. The molecule has 4 N–H and O–H groups in total. The minimum absolute atomic E-state index is 0.214. The Morgan fingerprint density at radius 3 is 2.37 bits per heavy atom. The number of anilines is 2. The largest absolute Gasteiger partial charge is 0.496 e. The number of aromatic amines is 1. The van der Waals surface area contributed by atoms with E-state index in [0.717, 1.165) is 22.0 Å². The van der Waals surface area contributed by atoms with Crippen LogP contribution in [0.5, 0.6) is 5.75 Å². The molecule has 10 rings (SSSR count). The number of benzene rings is 3. The second-order valence-corrected chi connectivity index (χ2v) is 20.1. The molecule has 0 amide bonds. The van der Waals surface area contributed by atoms with Crippen molar-refractivity contribution in [3.63, 3.8) is 0 Å². The van der Waals surface area contributed by atoms with E-state index < -0.39 is 63.5 Å². The summed E-state index contributed by atoms with van der Waals surface area (Å²) in [4.78, 5) is 67.9. The number of aromatic nitrogens is 1. The van der Waals surface area contributed by atoms with Gasteiger partial charge in [-0.05, 0) is 86.4 Å². The zero-order chi connectivity index (χ0) is 48.1. The molecule has 0 radical (unpaired) electrons. The maximum atomic E-state index is 15.7.